The van der Waals surface area contributed by atoms with Crippen molar-refractivity contribution in [3.05, 3.63) is 57.0 Å². The van der Waals surface area contributed by atoms with E-state index in [0.717, 1.165) is 17.0 Å². The van der Waals surface area contributed by atoms with Gasteiger partial charge in [-0.15, -0.1) is 0 Å². The zero-order valence-corrected chi connectivity index (χ0v) is 16.4. The zero-order chi connectivity index (χ0) is 22.1. The van der Waals surface area contributed by atoms with Crippen molar-refractivity contribution in [1.29, 1.82) is 0 Å². The highest BCUT2D eigenvalue weighted by Gasteiger charge is 2.36. The van der Waals surface area contributed by atoms with Gasteiger partial charge in [0.25, 0.3) is 11.1 Å². The van der Waals surface area contributed by atoms with Crippen LogP contribution in [-0.2, 0) is 9.59 Å². The molecule has 2 aromatic rings. The van der Waals surface area contributed by atoms with E-state index >= 15 is 0 Å². The molecule has 1 saturated heterocycles. The first-order chi connectivity index (χ1) is 14.8. The number of amides is 3. The van der Waals surface area contributed by atoms with Crippen molar-refractivity contribution in [1.82, 2.24) is 4.90 Å². The maximum Gasteiger partial charge on any atom is 0.311 e. The lowest BCUT2D eigenvalue weighted by atomic mass is 10.1. The normalized spacial score (nSPS) is 16.1. The molecule has 0 bridgehead atoms. The summed E-state index contributed by atoms with van der Waals surface area (Å²) in [5.74, 6) is -0.803. The van der Waals surface area contributed by atoms with Crippen molar-refractivity contribution in [2.24, 2.45) is 0 Å². The lowest BCUT2D eigenvalue weighted by Gasteiger charge is -2.12. The highest BCUT2D eigenvalue weighted by molar-refractivity contribution is 8.18. The van der Waals surface area contributed by atoms with Gasteiger partial charge in [0, 0.05) is 17.8 Å². The van der Waals surface area contributed by atoms with E-state index in [4.69, 9.17) is 9.47 Å². The largest absolute Gasteiger partial charge is 0.502 e. The lowest BCUT2D eigenvalue weighted by Crippen LogP contribution is -2.36. The number of hydrogen-bond donors (Lipinski definition) is 2. The van der Waals surface area contributed by atoms with Crippen molar-refractivity contribution >= 4 is 46.3 Å². The number of thioether (sulfide) groups is 1. The Balaban J connectivity index is 1.46. The second kappa shape index (κ2) is 7.99. The number of nitro benzene ring substituents is 1. The molecule has 0 radical (unpaired) electrons. The van der Waals surface area contributed by atoms with Gasteiger partial charge in [0.15, 0.2) is 17.2 Å². The molecule has 0 aliphatic carbocycles. The summed E-state index contributed by atoms with van der Waals surface area (Å²) in [4.78, 5) is 48.1. The molecular weight excluding hydrogens is 430 g/mol. The number of nitro groups is 1. The summed E-state index contributed by atoms with van der Waals surface area (Å²) in [6.07, 6.45) is 1.28. The molecule has 2 aromatic carbocycles. The number of phenols is 1. The minimum absolute atomic E-state index is 0.000803. The first kappa shape index (κ1) is 20.2. The number of benzene rings is 2. The van der Waals surface area contributed by atoms with Gasteiger partial charge < -0.3 is 19.9 Å². The number of nitrogens with zero attached hydrogens (tertiary/aromatic N) is 2. The summed E-state index contributed by atoms with van der Waals surface area (Å²) >= 11 is 0.609. The third-order valence-corrected chi connectivity index (χ3v) is 5.23. The Kier molecular flexibility index (Phi) is 5.21. The molecule has 2 heterocycles. The maximum absolute atomic E-state index is 12.6. The van der Waals surface area contributed by atoms with Gasteiger partial charge in [0.1, 0.15) is 6.54 Å². The fourth-order valence-electron chi connectivity index (χ4n) is 2.88. The summed E-state index contributed by atoms with van der Waals surface area (Å²) in [5, 5.41) is 22.4. The second-order valence-corrected chi connectivity index (χ2v) is 7.38. The highest BCUT2D eigenvalue weighted by Crippen LogP contribution is 2.35. The van der Waals surface area contributed by atoms with Crippen LogP contribution in [-0.4, -0.2) is 45.3 Å². The predicted octanol–water partition coefficient (Wildman–Crippen LogP) is 2.70. The van der Waals surface area contributed by atoms with Gasteiger partial charge in [-0.25, -0.2) is 0 Å². The summed E-state index contributed by atoms with van der Waals surface area (Å²) in [6.45, 7) is -0.424. The van der Waals surface area contributed by atoms with Crippen LogP contribution in [0.5, 0.6) is 17.2 Å². The predicted molar refractivity (Wildman–Crippen MR) is 109 cm³/mol. The lowest BCUT2D eigenvalue weighted by molar-refractivity contribution is -0.385. The molecule has 0 spiro atoms. The number of ether oxygens (including phenoxy) is 2. The number of imide groups is 1. The Morgan fingerprint density at radius 2 is 2.00 bits per heavy atom. The van der Waals surface area contributed by atoms with E-state index in [1.165, 1.54) is 12.1 Å². The van der Waals surface area contributed by atoms with Gasteiger partial charge in [-0.3, -0.25) is 29.4 Å². The molecular formula is C19H13N3O8S. The monoisotopic (exact) mass is 443 g/mol. The van der Waals surface area contributed by atoms with Gasteiger partial charge in [-0.05, 0) is 41.6 Å². The van der Waals surface area contributed by atoms with E-state index in [-0.39, 0.29) is 17.3 Å². The number of fused-ring (bicyclic) bond motifs is 1. The Bertz CT molecular complexity index is 1160. The SMILES string of the molecule is O=C(CN1C(=O)S/C(=C/c2ccc(O)c([N+](=O)[O-])c2)C1=O)Nc1ccc2c(c1)OCO2. The van der Waals surface area contributed by atoms with Crippen LogP contribution >= 0.6 is 11.8 Å². The Hall–Kier alpha value is -4.06. The first-order valence-corrected chi connectivity index (χ1v) is 9.56. The van der Waals surface area contributed by atoms with Crippen molar-refractivity contribution in [3.8, 4) is 17.2 Å². The standard InChI is InChI=1S/C19H13N3O8S/c23-13-3-1-10(5-12(13)22(27)28)6-16-18(25)21(19(26)31-16)8-17(24)20-11-2-4-14-15(7-11)30-9-29-14/h1-7,23H,8-9H2,(H,20,24)/b16-6+. The molecule has 4 rings (SSSR count). The summed E-state index contributed by atoms with van der Waals surface area (Å²) in [5.41, 5.74) is 0.129. The van der Waals surface area contributed by atoms with Crippen molar-refractivity contribution in [3.63, 3.8) is 0 Å². The zero-order valence-electron chi connectivity index (χ0n) is 15.6. The number of carbonyl (C=O) groups excluding carboxylic acids is 3. The Morgan fingerprint density at radius 3 is 2.77 bits per heavy atom. The molecule has 0 aromatic heterocycles. The molecule has 3 amide bonds. The fraction of sp³-hybridized carbons (Fsp3) is 0.105. The summed E-state index contributed by atoms with van der Waals surface area (Å²) in [6, 6.07) is 8.34. The average Bonchev–Trinajstić information content (AvgIpc) is 3.29. The number of rotatable bonds is 5. The summed E-state index contributed by atoms with van der Waals surface area (Å²) < 4.78 is 10.4. The minimum atomic E-state index is -0.765. The number of aromatic hydroxyl groups is 1. The quantitative estimate of drug-likeness (QED) is 0.404. The number of nitrogens with one attached hydrogen (secondary N) is 1. The van der Waals surface area contributed by atoms with Crippen LogP contribution in [0.3, 0.4) is 0 Å². The van der Waals surface area contributed by atoms with Gasteiger partial charge in [0.2, 0.25) is 12.7 Å². The van der Waals surface area contributed by atoms with Crippen molar-refractivity contribution in [2.45, 2.75) is 0 Å². The molecule has 158 valence electrons. The molecule has 1 fully saturated rings. The Morgan fingerprint density at radius 1 is 1.23 bits per heavy atom. The van der Waals surface area contributed by atoms with Crippen LogP contribution < -0.4 is 14.8 Å². The smallest absolute Gasteiger partial charge is 0.311 e. The third-order valence-electron chi connectivity index (χ3n) is 4.33. The van der Waals surface area contributed by atoms with E-state index in [9.17, 15) is 29.6 Å². The molecule has 0 atom stereocenters. The first-order valence-electron chi connectivity index (χ1n) is 8.74. The number of anilines is 1. The topological polar surface area (TPSA) is 148 Å². The fourth-order valence-corrected chi connectivity index (χ4v) is 3.72. The molecule has 2 N–H and O–H groups in total. The molecule has 2 aliphatic rings. The Labute approximate surface area is 178 Å². The molecule has 0 saturated carbocycles. The van der Waals surface area contributed by atoms with Gasteiger partial charge in [0.05, 0.1) is 9.83 Å². The number of phenolic OH excluding ortho intramolecular Hbond substituents is 1. The van der Waals surface area contributed by atoms with Crippen molar-refractivity contribution < 1.29 is 33.9 Å². The van der Waals surface area contributed by atoms with E-state index < -0.39 is 40.0 Å². The molecule has 11 nitrogen and oxygen atoms in total. The van der Waals surface area contributed by atoms with Crippen LogP contribution in [0.25, 0.3) is 6.08 Å². The van der Waals surface area contributed by atoms with E-state index in [2.05, 4.69) is 5.32 Å². The van der Waals surface area contributed by atoms with Gasteiger partial charge >= 0.3 is 5.69 Å². The van der Waals surface area contributed by atoms with Crippen LogP contribution in [0.4, 0.5) is 16.2 Å². The van der Waals surface area contributed by atoms with Crippen LogP contribution in [0, 0.1) is 10.1 Å². The van der Waals surface area contributed by atoms with Gasteiger partial charge in [-0.1, -0.05) is 6.07 Å². The van der Waals surface area contributed by atoms with Crippen molar-refractivity contribution in [2.75, 3.05) is 18.7 Å². The third kappa shape index (κ3) is 4.14. The van der Waals surface area contributed by atoms with E-state index in [1.54, 1.807) is 18.2 Å². The molecule has 12 heteroatoms. The summed E-state index contributed by atoms with van der Waals surface area (Å²) in [7, 11) is 0. The van der Waals surface area contributed by atoms with Crippen LogP contribution in [0.1, 0.15) is 5.56 Å². The van der Waals surface area contributed by atoms with Crippen LogP contribution in [0.15, 0.2) is 41.3 Å². The molecule has 0 unspecified atom stereocenters. The molecule has 31 heavy (non-hydrogen) atoms. The maximum atomic E-state index is 12.6. The number of carbonyl (C=O) groups is 3. The average molecular weight is 443 g/mol. The van der Waals surface area contributed by atoms with E-state index in [1.807, 2.05) is 0 Å². The number of hydrogen-bond acceptors (Lipinski definition) is 9. The second-order valence-electron chi connectivity index (χ2n) is 6.39. The van der Waals surface area contributed by atoms with Crippen LogP contribution in [0.2, 0.25) is 0 Å². The van der Waals surface area contributed by atoms with E-state index in [0.29, 0.717) is 28.9 Å². The minimum Gasteiger partial charge on any atom is -0.502 e. The van der Waals surface area contributed by atoms with Gasteiger partial charge in [-0.2, -0.15) is 0 Å². The highest BCUT2D eigenvalue weighted by atomic mass is 32.2. The molecule has 2 aliphatic heterocycles.